The zero-order valence-corrected chi connectivity index (χ0v) is 15.5. The summed E-state index contributed by atoms with van der Waals surface area (Å²) in [4.78, 5) is 23.7. The molecule has 2 aromatic heterocycles. The minimum absolute atomic E-state index is 0.175. The van der Waals surface area contributed by atoms with Crippen LogP contribution in [0.1, 0.15) is 35.4 Å². The summed E-state index contributed by atoms with van der Waals surface area (Å²) in [6.45, 7) is 7.72. The maximum absolute atomic E-state index is 12.6. The van der Waals surface area contributed by atoms with Crippen LogP contribution in [0.2, 0.25) is 0 Å². The number of fused-ring (bicyclic) bond motifs is 1. The summed E-state index contributed by atoms with van der Waals surface area (Å²) in [6, 6.07) is 8.13. The number of nitrogens with zero attached hydrogens (tertiary/aromatic N) is 5. The number of hydrogen-bond acceptors (Lipinski definition) is 4. The fraction of sp³-hybridized carbons (Fsp3) is 0.400. The predicted octanol–water partition coefficient (Wildman–Crippen LogP) is 2.88. The Morgan fingerprint density at radius 2 is 1.73 bits per heavy atom. The van der Waals surface area contributed by atoms with Gasteiger partial charge in [-0.3, -0.25) is 4.79 Å². The van der Waals surface area contributed by atoms with Gasteiger partial charge in [0, 0.05) is 35.6 Å². The zero-order valence-electron chi connectivity index (χ0n) is 15.5. The van der Waals surface area contributed by atoms with Gasteiger partial charge in [0.25, 0.3) is 5.78 Å². The molecule has 0 saturated carbocycles. The van der Waals surface area contributed by atoms with Gasteiger partial charge in [-0.1, -0.05) is 29.8 Å². The molecule has 6 heteroatoms. The van der Waals surface area contributed by atoms with E-state index in [1.165, 1.54) is 5.56 Å². The maximum atomic E-state index is 12.6. The smallest absolute Gasteiger partial charge is 0.253 e. The minimum atomic E-state index is 0.175. The topological polar surface area (TPSA) is 63.4 Å². The van der Waals surface area contributed by atoms with E-state index in [9.17, 15) is 4.79 Å². The van der Waals surface area contributed by atoms with Crippen LogP contribution < -0.4 is 0 Å². The number of aryl methyl sites for hydroxylation is 3. The Bertz CT molecular complexity index is 968. The summed E-state index contributed by atoms with van der Waals surface area (Å²) in [6.07, 6.45) is 2.58. The third-order valence-corrected chi connectivity index (χ3v) is 5.15. The second-order valence-electron chi connectivity index (χ2n) is 7.04. The van der Waals surface area contributed by atoms with Crippen LogP contribution in [-0.4, -0.2) is 43.5 Å². The van der Waals surface area contributed by atoms with Crippen molar-refractivity contribution < 1.29 is 4.79 Å². The van der Waals surface area contributed by atoms with Crippen molar-refractivity contribution in [1.82, 2.24) is 24.5 Å². The molecule has 0 aliphatic carbocycles. The molecule has 0 bridgehead atoms. The first-order valence-electron chi connectivity index (χ1n) is 9.10. The van der Waals surface area contributed by atoms with E-state index in [-0.39, 0.29) is 5.91 Å². The van der Waals surface area contributed by atoms with Gasteiger partial charge in [0.15, 0.2) is 5.82 Å². The van der Waals surface area contributed by atoms with Gasteiger partial charge in [0.05, 0.1) is 6.42 Å². The van der Waals surface area contributed by atoms with Gasteiger partial charge in [-0.15, -0.1) is 5.10 Å². The van der Waals surface area contributed by atoms with Crippen molar-refractivity contribution in [2.45, 2.75) is 40.0 Å². The first-order chi connectivity index (χ1) is 12.5. The highest BCUT2D eigenvalue weighted by molar-refractivity contribution is 5.79. The highest BCUT2D eigenvalue weighted by Crippen LogP contribution is 2.21. The van der Waals surface area contributed by atoms with Gasteiger partial charge in [0.1, 0.15) is 0 Å². The Kier molecular flexibility index (Phi) is 4.18. The highest BCUT2D eigenvalue weighted by Gasteiger charge is 2.21. The van der Waals surface area contributed by atoms with E-state index < -0.39 is 0 Å². The molecule has 6 nitrogen and oxygen atoms in total. The molecular formula is C20H23N5O. The molecule has 26 heavy (non-hydrogen) atoms. The minimum Gasteiger partial charge on any atom is -0.342 e. The molecule has 0 unspecified atom stereocenters. The molecule has 1 aromatic carbocycles. The number of hydrogen-bond donors (Lipinski definition) is 0. The number of carbonyl (C=O) groups excluding carboxylic acids is 1. The second-order valence-corrected chi connectivity index (χ2v) is 7.04. The Morgan fingerprint density at radius 1 is 1.04 bits per heavy atom. The lowest BCUT2D eigenvalue weighted by atomic mass is 10.1. The number of benzene rings is 1. The fourth-order valence-electron chi connectivity index (χ4n) is 3.52. The van der Waals surface area contributed by atoms with Crippen molar-refractivity contribution in [3.8, 4) is 11.4 Å². The van der Waals surface area contributed by atoms with E-state index in [2.05, 4.69) is 22.0 Å². The summed E-state index contributed by atoms with van der Waals surface area (Å²) in [5.41, 5.74) is 4.91. The Labute approximate surface area is 152 Å². The summed E-state index contributed by atoms with van der Waals surface area (Å²) in [7, 11) is 0. The average Bonchev–Trinajstić information content (AvgIpc) is 3.29. The van der Waals surface area contributed by atoms with E-state index in [1.54, 1.807) is 4.52 Å². The molecule has 3 aromatic rings. The highest BCUT2D eigenvalue weighted by atomic mass is 16.2. The quantitative estimate of drug-likeness (QED) is 0.729. The van der Waals surface area contributed by atoms with Crippen LogP contribution >= 0.6 is 0 Å². The molecule has 4 rings (SSSR count). The lowest BCUT2D eigenvalue weighted by Crippen LogP contribution is -2.29. The van der Waals surface area contributed by atoms with Gasteiger partial charge >= 0.3 is 0 Å². The maximum Gasteiger partial charge on any atom is 0.253 e. The summed E-state index contributed by atoms with van der Waals surface area (Å²) < 4.78 is 1.76. The van der Waals surface area contributed by atoms with E-state index in [0.717, 1.165) is 48.4 Å². The van der Waals surface area contributed by atoms with Crippen molar-refractivity contribution in [2.75, 3.05) is 13.1 Å². The van der Waals surface area contributed by atoms with Crippen molar-refractivity contribution in [3.63, 3.8) is 0 Å². The third-order valence-electron chi connectivity index (χ3n) is 5.15. The number of aromatic nitrogens is 4. The molecule has 0 radical (unpaired) electrons. The standard InChI is InChI=1S/C20H23N5O/c1-13-6-8-16(9-7-13)19-22-20-21-14(2)17(15(3)25(20)23-19)12-18(26)24-10-4-5-11-24/h6-9H,4-5,10-12H2,1-3H3. The molecule has 1 amide bonds. The van der Waals surface area contributed by atoms with Crippen molar-refractivity contribution in [3.05, 3.63) is 46.8 Å². The Balaban J connectivity index is 1.71. The first kappa shape index (κ1) is 16.7. The molecule has 0 N–H and O–H groups in total. The van der Waals surface area contributed by atoms with Gasteiger partial charge in [-0.05, 0) is 33.6 Å². The van der Waals surface area contributed by atoms with Crippen LogP contribution in [0.15, 0.2) is 24.3 Å². The largest absolute Gasteiger partial charge is 0.342 e. The molecule has 134 valence electrons. The van der Waals surface area contributed by atoms with E-state index in [1.807, 2.05) is 43.0 Å². The van der Waals surface area contributed by atoms with Crippen molar-refractivity contribution >= 4 is 11.7 Å². The second kappa shape index (κ2) is 6.52. The molecule has 1 saturated heterocycles. The molecule has 1 aliphatic heterocycles. The lowest BCUT2D eigenvalue weighted by Gasteiger charge is -2.17. The van der Waals surface area contributed by atoms with E-state index in [0.29, 0.717) is 18.0 Å². The molecule has 0 atom stereocenters. The van der Waals surface area contributed by atoms with Crippen molar-refractivity contribution in [1.29, 1.82) is 0 Å². The van der Waals surface area contributed by atoms with Gasteiger partial charge in [-0.25, -0.2) is 9.50 Å². The van der Waals surface area contributed by atoms with Crippen LogP contribution in [0.5, 0.6) is 0 Å². The Morgan fingerprint density at radius 3 is 2.42 bits per heavy atom. The summed E-state index contributed by atoms with van der Waals surface area (Å²) >= 11 is 0. The number of likely N-dealkylation sites (tertiary alicyclic amines) is 1. The fourth-order valence-corrected chi connectivity index (χ4v) is 3.52. The number of carbonyl (C=O) groups is 1. The normalized spacial score (nSPS) is 14.3. The first-order valence-corrected chi connectivity index (χ1v) is 9.10. The molecular weight excluding hydrogens is 326 g/mol. The SMILES string of the molecule is Cc1ccc(-c2nc3nc(C)c(CC(=O)N4CCCC4)c(C)n3n2)cc1. The number of rotatable bonds is 3. The Hall–Kier alpha value is -2.76. The van der Waals surface area contributed by atoms with Crippen LogP contribution in [0.4, 0.5) is 0 Å². The molecule has 1 aliphatic rings. The van der Waals surface area contributed by atoms with Crippen LogP contribution in [0.25, 0.3) is 17.2 Å². The zero-order chi connectivity index (χ0) is 18.3. The molecule has 1 fully saturated rings. The van der Waals surface area contributed by atoms with Gasteiger partial charge in [0.2, 0.25) is 5.91 Å². The lowest BCUT2D eigenvalue weighted by molar-refractivity contribution is -0.129. The van der Waals surface area contributed by atoms with Crippen LogP contribution in [0.3, 0.4) is 0 Å². The van der Waals surface area contributed by atoms with Crippen LogP contribution in [-0.2, 0) is 11.2 Å². The van der Waals surface area contributed by atoms with Gasteiger partial charge < -0.3 is 4.90 Å². The third kappa shape index (κ3) is 2.96. The summed E-state index contributed by atoms with van der Waals surface area (Å²) in [5.74, 6) is 1.41. The summed E-state index contributed by atoms with van der Waals surface area (Å²) in [5, 5.41) is 4.64. The monoisotopic (exact) mass is 349 g/mol. The average molecular weight is 349 g/mol. The number of amides is 1. The van der Waals surface area contributed by atoms with Crippen LogP contribution in [0, 0.1) is 20.8 Å². The molecule has 0 spiro atoms. The molecule has 3 heterocycles. The van der Waals surface area contributed by atoms with E-state index in [4.69, 9.17) is 0 Å². The van der Waals surface area contributed by atoms with E-state index >= 15 is 0 Å². The van der Waals surface area contributed by atoms with Crippen molar-refractivity contribution in [2.24, 2.45) is 0 Å². The van der Waals surface area contributed by atoms with Gasteiger partial charge in [-0.2, -0.15) is 4.98 Å². The predicted molar refractivity (Wildman–Crippen MR) is 99.9 cm³/mol.